The molecule has 8 nitrogen and oxygen atoms in total. The molecule has 6 unspecified atom stereocenters. The molecule has 0 saturated heterocycles. The predicted octanol–water partition coefficient (Wildman–Crippen LogP) is 7.01. The molecule has 2 N–H and O–H groups in total. The molecule has 4 saturated carbocycles. The minimum Gasteiger partial charge on any atom is -0.481 e. The van der Waals surface area contributed by atoms with Crippen LogP contribution in [-0.4, -0.2) is 41.3 Å². The van der Waals surface area contributed by atoms with Crippen LogP contribution in [0.25, 0.3) is 0 Å². The van der Waals surface area contributed by atoms with E-state index >= 15 is 0 Å². The third-order valence-electron chi connectivity index (χ3n) is 10.5. The lowest BCUT2D eigenvalue weighted by molar-refractivity contribution is -0.414. The van der Waals surface area contributed by atoms with Gasteiger partial charge in [-0.1, -0.05) is 64.2 Å². The van der Waals surface area contributed by atoms with E-state index in [-0.39, 0.29) is 18.4 Å². The van der Waals surface area contributed by atoms with Crippen molar-refractivity contribution in [3.63, 3.8) is 0 Å². The Morgan fingerprint density at radius 2 is 1.28 bits per heavy atom. The van der Waals surface area contributed by atoms with Crippen LogP contribution < -0.4 is 0 Å². The Kier molecular flexibility index (Phi) is 11.5. The van der Waals surface area contributed by atoms with Crippen LogP contribution >= 0.6 is 0 Å². The summed E-state index contributed by atoms with van der Waals surface area (Å²) >= 11 is 0. The van der Waals surface area contributed by atoms with Crippen molar-refractivity contribution in [3.8, 4) is 0 Å². The first-order valence-corrected chi connectivity index (χ1v) is 15.8. The van der Waals surface area contributed by atoms with E-state index in [4.69, 9.17) is 19.8 Å². The molecule has 0 amide bonds. The second-order valence-electron chi connectivity index (χ2n) is 13.5. The summed E-state index contributed by atoms with van der Waals surface area (Å²) in [5.41, 5.74) is 0. The van der Waals surface area contributed by atoms with Crippen molar-refractivity contribution >= 4 is 11.9 Å². The minimum absolute atomic E-state index is 0.190. The molecule has 224 valence electrons. The maximum atomic E-state index is 13.3. The molecule has 0 aliphatic heterocycles. The Hall–Kier alpha value is -1.22. The number of esters is 1. The molecule has 0 radical (unpaired) electrons. The molecule has 39 heavy (non-hydrogen) atoms. The third kappa shape index (κ3) is 8.64. The van der Waals surface area contributed by atoms with Crippen molar-refractivity contribution in [3.05, 3.63) is 0 Å². The standard InChI is InChI=1S/C31H52O8/c1-31(2,38-30(34)28-18-24(15-16-27(28)29(32)33)22-11-7-4-8-12-22)39-37-20-26-17-23(13-14-25(26)19-36-35)21-9-5-3-6-10-21/h21-28,35H,3-20H2,1-2H3,(H,32,33). The fourth-order valence-electron chi connectivity index (χ4n) is 8.31. The number of carbonyl (C=O) groups is 2. The highest BCUT2D eigenvalue weighted by atomic mass is 17.2. The van der Waals surface area contributed by atoms with Gasteiger partial charge >= 0.3 is 11.9 Å². The maximum Gasteiger partial charge on any atom is 0.312 e. The van der Waals surface area contributed by atoms with E-state index in [2.05, 4.69) is 4.89 Å². The molecule has 0 aromatic rings. The van der Waals surface area contributed by atoms with Crippen molar-refractivity contribution in [1.82, 2.24) is 0 Å². The van der Waals surface area contributed by atoms with E-state index in [0.29, 0.717) is 37.2 Å². The van der Waals surface area contributed by atoms with Gasteiger partial charge in [0.05, 0.1) is 25.0 Å². The summed E-state index contributed by atoms with van der Waals surface area (Å²) in [4.78, 5) is 41.2. The number of carboxylic acid groups (broad SMARTS) is 1. The van der Waals surface area contributed by atoms with E-state index in [1.807, 2.05) is 0 Å². The van der Waals surface area contributed by atoms with Crippen molar-refractivity contribution in [2.24, 2.45) is 47.3 Å². The smallest absolute Gasteiger partial charge is 0.312 e. The van der Waals surface area contributed by atoms with Crippen LogP contribution in [0.2, 0.25) is 0 Å². The summed E-state index contributed by atoms with van der Waals surface area (Å²) in [6.45, 7) is 3.90. The Balaban J connectivity index is 1.30. The Morgan fingerprint density at radius 3 is 1.87 bits per heavy atom. The van der Waals surface area contributed by atoms with Gasteiger partial charge in [0.2, 0.25) is 5.79 Å². The Labute approximate surface area is 234 Å². The van der Waals surface area contributed by atoms with Crippen LogP contribution in [-0.2, 0) is 29.0 Å². The molecule has 4 aliphatic carbocycles. The second kappa shape index (κ2) is 14.6. The minimum atomic E-state index is -1.33. The number of ether oxygens (including phenoxy) is 1. The van der Waals surface area contributed by atoms with Crippen LogP contribution in [0.3, 0.4) is 0 Å². The van der Waals surface area contributed by atoms with Gasteiger partial charge in [0, 0.05) is 13.8 Å². The van der Waals surface area contributed by atoms with Gasteiger partial charge in [-0.25, -0.2) is 9.78 Å². The highest BCUT2D eigenvalue weighted by molar-refractivity contribution is 5.81. The van der Waals surface area contributed by atoms with Crippen molar-refractivity contribution < 1.29 is 39.4 Å². The Bertz CT molecular complexity index is 773. The zero-order valence-electron chi connectivity index (χ0n) is 24.2. The van der Waals surface area contributed by atoms with E-state index in [0.717, 1.165) is 31.6 Å². The molecule has 4 aliphatic rings. The van der Waals surface area contributed by atoms with Gasteiger partial charge in [0.1, 0.15) is 0 Å². The SMILES string of the molecule is CC(C)(OOCC1CC(C2CCCCC2)CCC1COO)OC(=O)C1CC(C2CCCCC2)CCC1C(=O)O. The number of carbonyl (C=O) groups excluding carboxylic acids is 1. The summed E-state index contributed by atoms with van der Waals surface area (Å²) < 4.78 is 5.76. The molecule has 0 spiro atoms. The summed E-state index contributed by atoms with van der Waals surface area (Å²) in [5, 5.41) is 18.9. The van der Waals surface area contributed by atoms with Crippen LogP contribution in [0.15, 0.2) is 0 Å². The lowest BCUT2D eigenvalue weighted by Gasteiger charge is -2.40. The van der Waals surface area contributed by atoms with Gasteiger partial charge in [-0.3, -0.25) is 14.8 Å². The summed E-state index contributed by atoms with van der Waals surface area (Å²) in [5.74, 6) is -1.35. The third-order valence-corrected chi connectivity index (χ3v) is 10.5. The number of aliphatic carboxylic acids is 1. The van der Waals surface area contributed by atoms with Crippen molar-refractivity contribution in [2.75, 3.05) is 13.2 Å². The summed E-state index contributed by atoms with van der Waals surface area (Å²) in [7, 11) is 0. The molecule has 8 heteroatoms. The van der Waals surface area contributed by atoms with Gasteiger partial charge in [-0.2, -0.15) is 4.89 Å². The first-order chi connectivity index (χ1) is 18.8. The van der Waals surface area contributed by atoms with Gasteiger partial charge in [0.25, 0.3) is 0 Å². The predicted molar refractivity (Wildman–Crippen MR) is 145 cm³/mol. The van der Waals surface area contributed by atoms with Gasteiger partial charge in [-0.05, 0) is 74.0 Å². The summed E-state index contributed by atoms with van der Waals surface area (Å²) in [6.07, 6.45) is 17.8. The lowest BCUT2D eigenvalue weighted by atomic mass is 9.67. The lowest BCUT2D eigenvalue weighted by Crippen LogP contribution is -2.42. The normalized spacial score (nSPS) is 33.5. The van der Waals surface area contributed by atoms with Crippen molar-refractivity contribution in [1.29, 1.82) is 0 Å². The molecule has 4 fully saturated rings. The average molecular weight is 553 g/mol. The van der Waals surface area contributed by atoms with Crippen LogP contribution in [0.1, 0.15) is 117 Å². The van der Waals surface area contributed by atoms with E-state index in [1.54, 1.807) is 13.8 Å². The fourth-order valence-corrected chi connectivity index (χ4v) is 8.31. The van der Waals surface area contributed by atoms with E-state index in [1.165, 1.54) is 64.2 Å². The number of hydrogen-bond donors (Lipinski definition) is 2. The fraction of sp³-hybridized carbons (Fsp3) is 0.935. The van der Waals surface area contributed by atoms with Gasteiger partial charge in [0.15, 0.2) is 0 Å². The number of rotatable bonds is 11. The van der Waals surface area contributed by atoms with E-state index in [9.17, 15) is 14.7 Å². The van der Waals surface area contributed by atoms with E-state index < -0.39 is 29.6 Å². The summed E-state index contributed by atoms with van der Waals surface area (Å²) in [6, 6.07) is 0. The quantitative estimate of drug-likeness (QED) is 0.122. The average Bonchev–Trinajstić information content (AvgIpc) is 2.94. The first kappa shape index (κ1) is 30.7. The van der Waals surface area contributed by atoms with Crippen LogP contribution in [0.5, 0.6) is 0 Å². The molecule has 0 heterocycles. The van der Waals surface area contributed by atoms with Gasteiger partial charge < -0.3 is 9.84 Å². The molecule has 0 aromatic carbocycles. The highest BCUT2D eigenvalue weighted by Gasteiger charge is 2.44. The topological polar surface area (TPSA) is 112 Å². The molecule has 4 rings (SSSR count). The second-order valence-corrected chi connectivity index (χ2v) is 13.5. The molecule has 0 aromatic heterocycles. The van der Waals surface area contributed by atoms with Crippen molar-refractivity contribution in [2.45, 2.75) is 122 Å². The van der Waals surface area contributed by atoms with Gasteiger partial charge in [-0.15, -0.1) is 0 Å². The van der Waals surface area contributed by atoms with Crippen LogP contribution in [0, 0.1) is 47.3 Å². The first-order valence-electron chi connectivity index (χ1n) is 15.8. The highest BCUT2D eigenvalue weighted by Crippen LogP contribution is 2.44. The maximum absolute atomic E-state index is 13.3. The zero-order chi connectivity index (χ0) is 27.8. The zero-order valence-corrected chi connectivity index (χ0v) is 24.2. The monoisotopic (exact) mass is 552 g/mol. The number of hydrogen-bond acceptors (Lipinski definition) is 7. The molecule has 6 atom stereocenters. The molecular formula is C31H52O8. The molecule has 0 bridgehead atoms. The Morgan fingerprint density at radius 1 is 0.692 bits per heavy atom. The largest absolute Gasteiger partial charge is 0.481 e. The number of carboxylic acids is 1. The van der Waals surface area contributed by atoms with Crippen LogP contribution in [0.4, 0.5) is 0 Å². The molecular weight excluding hydrogens is 500 g/mol.